The lowest BCUT2D eigenvalue weighted by molar-refractivity contribution is 0.311. The van der Waals surface area contributed by atoms with Crippen LogP contribution in [0.5, 0.6) is 5.75 Å². The summed E-state index contributed by atoms with van der Waals surface area (Å²) in [5.41, 5.74) is 3.82. The second-order valence-corrected chi connectivity index (χ2v) is 6.34. The molecule has 0 fully saturated rings. The highest BCUT2D eigenvalue weighted by Crippen LogP contribution is 2.28. The number of hydrogen-bond donors (Lipinski definition) is 1. The molecule has 2 rings (SSSR count). The molecule has 21 heavy (non-hydrogen) atoms. The van der Waals surface area contributed by atoms with E-state index in [4.69, 9.17) is 5.26 Å². The van der Waals surface area contributed by atoms with Gasteiger partial charge in [-0.3, -0.25) is 4.90 Å². The Kier molecular flexibility index (Phi) is 5.21. The Hall–Kier alpha value is -1.58. The van der Waals surface area contributed by atoms with E-state index in [0.29, 0.717) is 17.9 Å². The number of benzene rings is 2. The number of phenols is 1. The molecule has 0 aliphatic heterocycles. The highest BCUT2D eigenvalue weighted by atomic mass is 127. The van der Waals surface area contributed by atoms with E-state index in [1.165, 1.54) is 0 Å². The highest BCUT2D eigenvalue weighted by Gasteiger charge is 2.11. The third-order valence-electron chi connectivity index (χ3n) is 3.40. The zero-order valence-electron chi connectivity index (χ0n) is 12.1. The van der Waals surface area contributed by atoms with Gasteiger partial charge in [0.2, 0.25) is 0 Å². The van der Waals surface area contributed by atoms with Crippen LogP contribution in [-0.4, -0.2) is 17.1 Å². The van der Waals surface area contributed by atoms with E-state index in [-0.39, 0.29) is 0 Å². The number of hydrogen-bond acceptors (Lipinski definition) is 3. The van der Waals surface area contributed by atoms with Crippen LogP contribution < -0.4 is 0 Å². The number of aryl methyl sites for hydroxylation is 1. The second-order valence-electron chi connectivity index (χ2n) is 5.18. The molecule has 0 saturated heterocycles. The van der Waals surface area contributed by atoms with Crippen molar-refractivity contribution in [3.8, 4) is 11.8 Å². The molecule has 0 aliphatic carbocycles. The fraction of sp³-hybridized carbons (Fsp3) is 0.235. The molecule has 3 nitrogen and oxygen atoms in total. The van der Waals surface area contributed by atoms with Gasteiger partial charge in [-0.05, 0) is 65.9 Å². The molecule has 1 N–H and O–H groups in total. The molecular weight excluding hydrogens is 375 g/mol. The van der Waals surface area contributed by atoms with Gasteiger partial charge in [0.1, 0.15) is 5.75 Å². The summed E-state index contributed by atoms with van der Waals surface area (Å²) in [5.74, 6) is 0.369. The van der Waals surface area contributed by atoms with Gasteiger partial charge in [0.15, 0.2) is 0 Å². The summed E-state index contributed by atoms with van der Waals surface area (Å²) in [5, 5.41) is 19.1. The molecule has 0 aliphatic rings. The van der Waals surface area contributed by atoms with Gasteiger partial charge < -0.3 is 5.11 Å². The van der Waals surface area contributed by atoms with Gasteiger partial charge in [-0.2, -0.15) is 5.26 Å². The molecule has 0 amide bonds. The molecule has 0 heterocycles. The summed E-state index contributed by atoms with van der Waals surface area (Å²) >= 11 is 2.14. The minimum atomic E-state index is 0.369. The van der Waals surface area contributed by atoms with E-state index in [2.05, 4.69) is 33.6 Å². The van der Waals surface area contributed by atoms with Gasteiger partial charge in [-0.25, -0.2) is 0 Å². The topological polar surface area (TPSA) is 47.3 Å². The van der Waals surface area contributed by atoms with E-state index in [1.807, 2.05) is 44.3 Å². The number of nitriles is 1. The molecule has 0 bridgehead atoms. The third-order valence-corrected chi connectivity index (χ3v) is 4.27. The standard InChI is InChI=1S/C17H17IN2O/c1-12-6-7-16(18)17(21)15(12)11-20(2)10-14-5-3-4-13(8-14)9-19/h3-8,21H,10-11H2,1-2H3. The fourth-order valence-electron chi connectivity index (χ4n) is 2.28. The number of phenolic OH excluding ortho intramolecular Hbond substituents is 1. The Labute approximate surface area is 139 Å². The van der Waals surface area contributed by atoms with Crippen molar-refractivity contribution in [3.63, 3.8) is 0 Å². The van der Waals surface area contributed by atoms with Gasteiger partial charge in [-0.1, -0.05) is 18.2 Å². The predicted octanol–water partition coefficient (Wildman–Crippen LogP) is 3.81. The molecule has 0 saturated carbocycles. The van der Waals surface area contributed by atoms with Gasteiger partial charge >= 0.3 is 0 Å². The van der Waals surface area contributed by atoms with Gasteiger partial charge in [0.05, 0.1) is 15.2 Å². The van der Waals surface area contributed by atoms with Crippen molar-refractivity contribution in [2.24, 2.45) is 0 Å². The average Bonchev–Trinajstić information content (AvgIpc) is 2.48. The van der Waals surface area contributed by atoms with Crippen molar-refractivity contribution in [3.05, 3.63) is 62.2 Å². The Morgan fingerprint density at radius 3 is 2.71 bits per heavy atom. The summed E-state index contributed by atoms with van der Waals surface area (Å²) in [6.45, 7) is 3.42. The van der Waals surface area contributed by atoms with Crippen molar-refractivity contribution in [1.29, 1.82) is 5.26 Å². The largest absolute Gasteiger partial charge is 0.506 e. The van der Waals surface area contributed by atoms with E-state index in [1.54, 1.807) is 6.07 Å². The first-order valence-corrected chi connectivity index (χ1v) is 7.73. The lowest BCUT2D eigenvalue weighted by Gasteiger charge is -2.19. The van der Waals surface area contributed by atoms with E-state index < -0.39 is 0 Å². The van der Waals surface area contributed by atoms with Crippen LogP contribution in [0.25, 0.3) is 0 Å². The zero-order valence-corrected chi connectivity index (χ0v) is 14.3. The first-order valence-electron chi connectivity index (χ1n) is 6.66. The molecule has 4 heteroatoms. The minimum Gasteiger partial charge on any atom is -0.506 e. The monoisotopic (exact) mass is 392 g/mol. The van der Waals surface area contributed by atoms with Gasteiger partial charge in [0, 0.05) is 18.7 Å². The lowest BCUT2D eigenvalue weighted by atomic mass is 10.1. The Balaban J connectivity index is 2.14. The SMILES string of the molecule is Cc1ccc(I)c(O)c1CN(C)Cc1cccc(C#N)c1. The van der Waals surface area contributed by atoms with Crippen LogP contribution in [-0.2, 0) is 13.1 Å². The molecule has 0 atom stereocenters. The Morgan fingerprint density at radius 1 is 1.24 bits per heavy atom. The molecule has 0 aromatic heterocycles. The third kappa shape index (κ3) is 3.96. The lowest BCUT2D eigenvalue weighted by Crippen LogP contribution is -2.18. The van der Waals surface area contributed by atoms with E-state index >= 15 is 0 Å². The van der Waals surface area contributed by atoms with Crippen LogP contribution in [0.3, 0.4) is 0 Å². The molecule has 0 radical (unpaired) electrons. The average molecular weight is 392 g/mol. The summed E-state index contributed by atoms with van der Waals surface area (Å²) in [4.78, 5) is 2.13. The van der Waals surface area contributed by atoms with Crippen LogP contribution in [0, 0.1) is 21.8 Å². The molecule has 2 aromatic rings. The Bertz CT molecular complexity index is 692. The molecule has 2 aromatic carbocycles. The van der Waals surface area contributed by atoms with E-state index in [0.717, 1.165) is 26.8 Å². The maximum Gasteiger partial charge on any atom is 0.133 e. The van der Waals surface area contributed by atoms with Crippen LogP contribution in [0.4, 0.5) is 0 Å². The normalized spacial score (nSPS) is 10.6. The molecule has 0 unspecified atom stereocenters. The van der Waals surface area contributed by atoms with Crippen LogP contribution in [0.1, 0.15) is 22.3 Å². The van der Waals surface area contributed by atoms with Crippen LogP contribution in [0.15, 0.2) is 36.4 Å². The van der Waals surface area contributed by atoms with Crippen LogP contribution >= 0.6 is 22.6 Å². The second kappa shape index (κ2) is 6.92. The summed E-state index contributed by atoms with van der Waals surface area (Å²) in [6.07, 6.45) is 0. The molecule has 0 spiro atoms. The summed E-state index contributed by atoms with van der Waals surface area (Å²) in [6, 6.07) is 13.7. The van der Waals surface area contributed by atoms with E-state index in [9.17, 15) is 5.11 Å². The number of nitrogens with zero attached hydrogens (tertiary/aromatic N) is 2. The number of aromatic hydroxyl groups is 1. The van der Waals surface area contributed by atoms with Crippen molar-refractivity contribution in [2.75, 3.05) is 7.05 Å². The summed E-state index contributed by atoms with van der Waals surface area (Å²) in [7, 11) is 2.01. The number of halogens is 1. The summed E-state index contributed by atoms with van der Waals surface area (Å²) < 4.78 is 0.869. The highest BCUT2D eigenvalue weighted by molar-refractivity contribution is 14.1. The first-order chi connectivity index (χ1) is 10.0. The maximum atomic E-state index is 10.2. The zero-order chi connectivity index (χ0) is 15.4. The van der Waals surface area contributed by atoms with Gasteiger partial charge in [0.25, 0.3) is 0 Å². The van der Waals surface area contributed by atoms with Crippen LogP contribution in [0.2, 0.25) is 0 Å². The molecular formula is C17H17IN2O. The quantitative estimate of drug-likeness (QED) is 0.806. The van der Waals surface area contributed by atoms with Crippen molar-refractivity contribution in [1.82, 2.24) is 4.90 Å². The first kappa shape index (κ1) is 15.8. The number of rotatable bonds is 4. The fourth-order valence-corrected chi connectivity index (χ4v) is 2.79. The minimum absolute atomic E-state index is 0.369. The van der Waals surface area contributed by atoms with Gasteiger partial charge in [-0.15, -0.1) is 0 Å². The Morgan fingerprint density at radius 2 is 2.00 bits per heavy atom. The van der Waals surface area contributed by atoms with Crippen molar-refractivity contribution >= 4 is 22.6 Å². The smallest absolute Gasteiger partial charge is 0.133 e. The van der Waals surface area contributed by atoms with Crippen molar-refractivity contribution < 1.29 is 5.11 Å². The maximum absolute atomic E-state index is 10.2. The molecule has 108 valence electrons. The van der Waals surface area contributed by atoms with Crippen molar-refractivity contribution in [2.45, 2.75) is 20.0 Å². The predicted molar refractivity (Wildman–Crippen MR) is 91.9 cm³/mol.